The van der Waals surface area contributed by atoms with Crippen LogP contribution in [0.1, 0.15) is 31.5 Å². The van der Waals surface area contributed by atoms with Crippen LogP contribution >= 0.6 is 0 Å². The van der Waals surface area contributed by atoms with Gasteiger partial charge in [-0.15, -0.1) is 0 Å². The van der Waals surface area contributed by atoms with Crippen molar-refractivity contribution >= 4 is 17.5 Å². The van der Waals surface area contributed by atoms with Crippen LogP contribution in [0.5, 0.6) is 0 Å². The lowest BCUT2D eigenvalue weighted by Crippen LogP contribution is -2.45. The fourth-order valence-electron chi connectivity index (χ4n) is 3.82. The molecule has 2 heterocycles. The Labute approximate surface area is 178 Å². The van der Waals surface area contributed by atoms with E-state index >= 15 is 0 Å². The van der Waals surface area contributed by atoms with Crippen molar-refractivity contribution in [1.29, 1.82) is 0 Å². The maximum Gasteiger partial charge on any atom is 0.239 e. The molecule has 1 aliphatic heterocycles. The molecule has 2 amide bonds. The van der Waals surface area contributed by atoms with Crippen molar-refractivity contribution in [3.63, 3.8) is 0 Å². The molecular formula is C23H31N5O2. The minimum absolute atomic E-state index is 0.00282. The van der Waals surface area contributed by atoms with Crippen LogP contribution in [-0.4, -0.2) is 58.8 Å². The molecule has 7 heteroatoms. The molecule has 0 aliphatic carbocycles. The number of benzene rings is 1. The molecule has 30 heavy (non-hydrogen) atoms. The molecule has 3 rings (SSSR count). The summed E-state index contributed by atoms with van der Waals surface area (Å²) in [5.41, 5.74) is 8.75. The highest BCUT2D eigenvalue weighted by Gasteiger charge is 2.23. The fraction of sp³-hybridized carbons (Fsp3) is 0.435. The number of nitrogens with two attached hydrogens (primary N) is 1. The number of aromatic nitrogens is 1. The highest BCUT2D eigenvalue weighted by atomic mass is 16.2. The Morgan fingerprint density at radius 3 is 2.53 bits per heavy atom. The van der Waals surface area contributed by atoms with E-state index < -0.39 is 6.04 Å². The number of pyridine rings is 1. The minimum Gasteiger partial charge on any atom is -0.336 e. The molecule has 0 fully saturated rings. The number of fused-ring (bicyclic) bond motifs is 1. The first kappa shape index (κ1) is 21.9. The van der Waals surface area contributed by atoms with E-state index in [9.17, 15) is 9.59 Å². The lowest BCUT2D eigenvalue weighted by molar-refractivity contribution is -0.133. The van der Waals surface area contributed by atoms with Gasteiger partial charge in [0.05, 0.1) is 11.7 Å². The third kappa shape index (κ3) is 5.64. The number of anilines is 1. The summed E-state index contributed by atoms with van der Waals surface area (Å²) >= 11 is 0. The molecule has 0 bridgehead atoms. The van der Waals surface area contributed by atoms with Gasteiger partial charge in [0.1, 0.15) is 0 Å². The molecule has 160 valence electrons. The van der Waals surface area contributed by atoms with E-state index in [2.05, 4.69) is 9.88 Å². The smallest absolute Gasteiger partial charge is 0.239 e. The summed E-state index contributed by atoms with van der Waals surface area (Å²) in [6.45, 7) is 7.17. The van der Waals surface area contributed by atoms with Gasteiger partial charge in [0, 0.05) is 58.1 Å². The fourth-order valence-corrected chi connectivity index (χ4v) is 3.82. The summed E-state index contributed by atoms with van der Waals surface area (Å²) in [6, 6.07) is 13.1. The molecule has 1 aromatic carbocycles. The van der Waals surface area contributed by atoms with Crippen LogP contribution < -0.4 is 10.6 Å². The van der Waals surface area contributed by atoms with Gasteiger partial charge in [0.2, 0.25) is 11.8 Å². The van der Waals surface area contributed by atoms with E-state index in [1.54, 1.807) is 24.9 Å². The van der Waals surface area contributed by atoms with Gasteiger partial charge < -0.3 is 15.5 Å². The van der Waals surface area contributed by atoms with Gasteiger partial charge in [-0.3, -0.25) is 19.5 Å². The Morgan fingerprint density at radius 2 is 1.83 bits per heavy atom. The number of hydrogen-bond donors (Lipinski definition) is 1. The van der Waals surface area contributed by atoms with E-state index in [-0.39, 0.29) is 11.8 Å². The van der Waals surface area contributed by atoms with Gasteiger partial charge >= 0.3 is 0 Å². The Balaban J connectivity index is 1.89. The van der Waals surface area contributed by atoms with Crippen molar-refractivity contribution in [2.45, 2.75) is 39.4 Å². The predicted octanol–water partition coefficient (Wildman–Crippen LogP) is 2.02. The maximum absolute atomic E-state index is 12.8. The average molecular weight is 410 g/mol. The molecule has 1 aromatic heterocycles. The normalized spacial score (nSPS) is 17.0. The van der Waals surface area contributed by atoms with E-state index in [0.717, 1.165) is 36.5 Å². The Kier molecular flexibility index (Phi) is 7.54. The number of para-hydroxylation sites is 1. The third-order valence-corrected chi connectivity index (χ3v) is 5.38. The lowest BCUT2D eigenvalue weighted by atomic mass is 10.1. The second-order valence-corrected chi connectivity index (χ2v) is 7.80. The summed E-state index contributed by atoms with van der Waals surface area (Å²) in [4.78, 5) is 35.6. The molecule has 0 saturated heterocycles. The number of nitrogens with zero attached hydrogens (tertiary/aromatic N) is 4. The standard InChI is InChI=1S/C23H31N5O2/c1-18(24)23(30)27-15-14-26(17-21-9-5-6-11-25-21)12-7-13-28(19(2)29)22-10-4-3-8-20(22)16-27/h3-6,8-11,18H,7,12-17,24H2,1-2H3/t18-/m1/s1. The molecule has 0 radical (unpaired) electrons. The zero-order chi connectivity index (χ0) is 21.5. The quantitative estimate of drug-likeness (QED) is 0.839. The van der Waals surface area contributed by atoms with Gasteiger partial charge in [-0.1, -0.05) is 24.3 Å². The topological polar surface area (TPSA) is 82.8 Å². The average Bonchev–Trinajstić information content (AvgIpc) is 2.77. The van der Waals surface area contributed by atoms with Crippen molar-refractivity contribution in [3.05, 3.63) is 59.9 Å². The lowest BCUT2D eigenvalue weighted by Gasteiger charge is -2.29. The van der Waals surface area contributed by atoms with Gasteiger partial charge in [0.15, 0.2) is 0 Å². The zero-order valence-corrected chi connectivity index (χ0v) is 17.8. The zero-order valence-electron chi connectivity index (χ0n) is 17.8. The van der Waals surface area contributed by atoms with Crippen LogP contribution in [0.15, 0.2) is 48.7 Å². The Hall–Kier alpha value is -2.77. The molecule has 0 spiro atoms. The minimum atomic E-state index is -0.574. The molecule has 2 aromatic rings. The van der Waals surface area contributed by atoms with Crippen molar-refractivity contribution in [2.24, 2.45) is 5.73 Å². The summed E-state index contributed by atoms with van der Waals surface area (Å²) in [7, 11) is 0. The summed E-state index contributed by atoms with van der Waals surface area (Å²) < 4.78 is 0. The van der Waals surface area contributed by atoms with Crippen molar-refractivity contribution < 1.29 is 9.59 Å². The van der Waals surface area contributed by atoms with Gasteiger partial charge in [-0.25, -0.2) is 0 Å². The molecule has 1 atom stereocenters. The highest BCUT2D eigenvalue weighted by Crippen LogP contribution is 2.24. The number of carbonyl (C=O) groups is 2. The largest absolute Gasteiger partial charge is 0.336 e. The first-order valence-electron chi connectivity index (χ1n) is 10.5. The molecular weight excluding hydrogens is 378 g/mol. The van der Waals surface area contributed by atoms with Crippen LogP contribution in [0.3, 0.4) is 0 Å². The molecule has 2 N–H and O–H groups in total. The predicted molar refractivity (Wildman–Crippen MR) is 118 cm³/mol. The van der Waals surface area contributed by atoms with Crippen LogP contribution in [0.25, 0.3) is 0 Å². The van der Waals surface area contributed by atoms with E-state index in [0.29, 0.717) is 26.2 Å². The van der Waals surface area contributed by atoms with Crippen molar-refractivity contribution in [3.8, 4) is 0 Å². The monoisotopic (exact) mass is 409 g/mol. The summed E-state index contributed by atoms with van der Waals surface area (Å²) in [5.74, 6) is -0.0840. The van der Waals surface area contributed by atoms with E-state index in [4.69, 9.17) is 5.73 Å². The van der Waals surface area contributed by atoms with Gasteiger partial charge in [-0.2, -0.15) is 0 Å². The second-order valence-electron chi connectivity index (χ2n) is 7.80. The Bertz CT molecular complexity index is 856. The molecule has 1 aliphatic rings. The number of rotatable bonds is 3. The summed E-state index contributed by atoms with van der Waals surface area (Å²) in [5, 5.41) is 0. The molecule has 7 nitrogen and oxygen atoms in total. The van der Waals surface area contributed by atoms with Crippen molar-refractivity contribution in [2.75, 3.05) is 31.1 Å². The van der Waals surface area contributed by atoms with Crippen LogP contribution in [-0.2, 0) is 22.7 Å². The SMILES string of the molecule is CC(=O)N1CCCN(Cc2ccccn2)CCN(C(=O)[C@@H](C)N)Cc2ccccc21. The maximum atomic E-state index is 12.8. The summed E-state index contributed by atoms with van der Waals surface area (Å²) in [6.07, 6.45) is 2.63. The van der Waals surface area contributed by atoms with Gasteiger partial charge in [-0.05, 0) is 37.1 Å². The van der Waals surface area contributed by atoms with Gasteiger partial charge in [0.25, 0.3) is 0 Å². The Morgan fingerprint density at radius 1 is 1.07 bits per heavy atom. The van der Waals surface area contributed by atoms with E-state index in [1.165, 1.54) is 0 Å². The first-order valence-corrected chi connectivity index (χ1v) is 10.5. The van der Waals surface area contributed by atoms with Crippen molar-refractivity contribution in [1.82, 2.24) is 14.8 Å². The molecule has 0 unspecified atom stereocenters. The van der Waals surface area contributed by atoms with Crippen LogP contribution in [0, 0.1) is 0 Å². The highest BCUT2D eigenvalue weighted by molar-refractivity contribution is 5.92. The van der Waals surface area contributed by atoms with Crippen LogP contribution in [0.4, 0.5) is 5.69 Å². The second kappa shape index (κ2) is 10.3. The van der Waals surface area contributed by atoms with Crippen LogP contribution in [0.2, 0.25) is 0 Å². The van der Waals surface area contributed by atoms with E-state index in [1.807, 2.05) is 47.4 Å². The number of carbonyl (C=O) groups excluding carboxylic acids is 2. The molecule has 0 saturated carbocycles. The third-order valence-electron chi connectivity index (χ3n) is 5.38. The first-order chi connectivity index (χ1) is 14.5. The number of hydrogen-bond acceptors (Lipinski definition) is 5. The number of amides is 2.